The van der Waals surface area contributed by atoms with Crippen molar-refractivity contribution >= 4 is 5.91 Å². The van der Waals surface area contributed by atoms with Crippen LogP contribution in [0.25, 0.3) is 0 Å². The topological polar surface area (TPSA) is 29.1 Å². The van der Waals surface area contributed by atoms with Gasteiger partial charge in [0, 0.05) is 12.5 Å². The van der Waals surface area contributed by atoms with E-state index < -0.39 is 0 Å². The third kappa shape index (κ3) is 2.04. The van der Waals surface area contributed by atoms with E-state index in [1.807, 2.05) is 6.42 Å². The minimum absolute atomic E-state index is 0.205. The van der Waals surface area contributed by atoms with Gasteiger partial charge in [0.2, 0.25) is 5.91 Å². The fraction of sp³-hybridized carbons (Fsp3) is 0.714. The first kappa shape index (κ1) is 6.59. The Bertz CT molecular complexity index is 107. The zero-order chi connectivity index (χ0) is 6.69. The van der Waals surface area contributed by atoms with E-state index in [0.29, 0.717) is 0 Å². The molecule has 0 heterocycles. The summed E-state index contributed by atoms with van der Waals surface area (Å²) in [7, 11) is 0. The summed E-state index contributed by atoms with van der Waals surface area (Å²) < 4.78 is 0. The summed E-state index contributed by atoms with van der Waals surface area (Å²) in [6.07, 6.45) is 4.03. The monoisotopic (exact) mass is 126 g/mol. The molecule has 1 N–H and O–H groups in total. The van der Waals surface area contributed by atoms with E-state index in [1.165, 1.54) is 0 Å². The summed E-state index contributed by atoms with van der Waals surface area (Å²) in [6.45, 7) is 2.88. The minimum atomic E-state index is 0.205. The molecule has 0 aromatic rings. The Morgan fingerprint density at radius 1 is 1.89 bits per heavy atom. The fourth-order valence-electron chi connectivity index (χ4n) is 0.661. The van der Waals surface area contributed by atoms with E-state index in [4.69, 9.17) is 0 Å². The number of carbonyl (C=O) groups excluding carboxylic acids is 1. The second-order valence-electron chi connectivity index (χ2n) is 2.37. The molecule has 1 fully saturated rings. The second-order valence-corrected chi connectivity index (χ2v) is 2.37. The van der Waals surface area contributed by atoms with Crippen molar-refractivity contribution in [1.82, 2.24) is 5.32 Å². The van der Waals surface area contributed by atoms with E-state index in [9.17, 15) is 4.79 Å². The van der Waals surface area contributed by atoms with E-state index in [2.05, 4.69) is 12.2 Å². The van der Waals surface area contributed by atoms with Crippen molar-refractivity contribution in [2.45, 2.75) is 19.8 Å². The van der Waals surface area contributed by atoms with Gasteiger partial charge in [-0.25, -0.2) is 0 Å². The van der Waals surface area contributed by atoms with Crippen molar-refractivity contribution < 1.29 is 4.79 Å². The molecule has 1 saturated carbocycles. The Hall–Kier alpha value is -0.530. The van der Waals surface area contributed by atoms with Gasteiger partial charge >= 0.3 is 0 Å². The number of carbonyl (C=O) groups is 1. The second kappa shape index (κ2) is 2.85. The molecule has 0 aromatic heterocycles. The summed E-state index contributed by atoms with van der Waals surface area (Å²) >= 11 is 0. The lowest BCUT2D eigenvalue weighted by atomic mass is 10.4. The van der Waals surface area contributed by atoms with Crippen LogP contribution in [0.4, 0.5) is 0 Å². The molecule has 0 bridgehead atoms. The average Bonchev–Trinajstić information content (AvgIpc) is 2.63. The van der Waals surface area contributed by atoms with Crippen molar-refractivity contribution in [2.24, 2.45) is 5.92 Å². The Balaban J connectivity index is 2.03. The zero-order valence-electron chi connectivity index (χ0n) is 5.68. The van der Waals surface area contributed by atoms with Gasteiger partial charge in [-0.15, -0.1) is 0 Å². The average molecular weight is 126 g/mol. The van der Waals surface area contributed by atoms with Crippen LogP contribution in [0.1, 0.15) is 19.8 Å². The fourth-order valence-corrected chi connectivity index (χ4v) is 0.661. The van der Waals surface area contributed by atoms with Gasteiger partial charge in [-0.2, -0.15) is 0 Å². The van der Waals surface area contributed by atoms with E-state index >= 15 is 0 Å². The number of rotatable bonds is 3. The van der Waals surface area contributed by atoms with Gasteiger partial charge in [0.15, 0.2) is 0 Å². The normalized spacial score (nSPS) is 17.4. The summed E-state index contributed by atoms with van der Waals surface area (Å²) in [5.74, 6) is 0.452. The Morgan fingerprint density at radius 3 is 3.00 bits per heavy atom. The molecule has 1 radical (unpaired) electrons. The Labute approximate surface area is 55.6 Å². The highest BCUT2D eigenvalue weighted by molar-refractivity contribution is 5.83. The SMILES string of the molecule is CCCNC(=O)C1[CH]C1. The molecule has 9 heavy (non-hydrogen) atoms. The van der Waals surface area contributed by atoms with Crippen LogP contribution in [0.2, 0.25) is 0 Å². The molecule has 0 aliphatic heterocycles. The van der Waals surface area contributed by atoms with Gasteiger partial charge in [0.25, 0.3) is 0 Å². The summed E-state index contributed by atoms with van der Waals surface area (Å²) in [6, 6.07) is 0. The highest BCUT2D eigenvalue weighted by Crippen LogP contribution is 2.26. The molecule has 1 aliphatic carbocycles. The van der Waals surface area contributed by atoms with Crippen LogP contribution in [0.3, 0.4) is 0 Å². The van der Waals surface area contributed by atoms with Crippen molar-refractivity contribution in [3.05, 3.63) is 6.42 Å². The molecule has 0 aromatic carbocycles. The molecular formula is C7H12NO. The quantitative estimate of drug-likeness (QED) is 0.593. The molecule has 1 rings (SSSR count). The molecule has 1 atom stereocenters. The molecule has 0 saturated heterocycles. The number of amides is 1. The molecular weight excluding hydrogens is 114 g/mol. The first-order valence-electron chi connectivity index (χ1n) is 3.45. The maximum atomic E-state index is 10.8. The molecule has 0 spiro atoms. The lowest BCUT2D eigenvalue weighted by Crippen LogP contribution is -2.25. The van der Waals surface area contributed by atoms with Crippen LogP contribution < -0.4 is 5.32 Å². The summed E-state index contributed by atoms with van der Waals surface area (Å²) in [4.78, 5) is 10.8. The van der Waals surface area contributed by atoms with E-state index in [1.54, 1.807) is 0 Å². The van der Waals surface area contributed by atoms with E-state index in [-0.39, 0.29) is 11.8 Å². The molecule has 51 valence electrons. The molecule has 1 amide bonds. The van der Waals surface area contributed by atoms with Crippen molar-refractivity contribution in [2.75, 3.05) is 6.54 Å². The first-order chi connectivity index (χ1) is 4.34. The summed E-state index contributed by atoms with van der Waals surface area (Å²) in [5, 5.41) is 2.82. The standard InChI is InChI=1S/C7H12NO/c1-2-5-8-7(9)6-3-4-6/h3,6H,2,4-5H2,1H3,(H,8,9). The van der Waals surface area contributed by atoms with Gasteiger partial charge in [0.05, 0.1) is 0 Å². The molecule has 1 aliphatic rings. The lowest BCUT2D eigenvalue weighted by Gasteiger charge is -1.98. The largest absolute Gasteiger partial charge is 0.356 e. The summed E-state index contributed by atoms with van der Waals surface area (Å²) in [5.41, 5.74) is 0. The van der Waals surface area contributed by atoms with Gasteiger partial charge in [-0.05, 0) is 19.3 Å². The maximum Gasteiger partial charge on any atom is 0.223 e. The zero-order valence-corrected chi connectivity index (χ0v) is 5.68. The lowest BCUT2D eigenvalue weighted by molar-refractivity contribution is -0.121. The van der Waals surface area contributed by atoms with Gasteiger partial charge in [0.1, 0.15) is 0 Å². The van der Waals surface area contributed by atoms with Crippen molar-refractivity contribution in [1.29, 1.82) is 0 Å². The maximum absolute atomic E-state index is 10.8. The Morgan fingerprint density at radius 2 is 2.56 bits per heavy atom. The van der Waals surface area contributed by atoms with Gasteiger partial charge in [-0.1, -0.05) is 6.92 Å². The smallest absolute Gasteiger partial charge is 0.223 e. The van der Waals surface area contributed by atoms with Crippen molar-refractivity contribution in [3.8, 4) is 0 Å². The third-order valence-electron chi connectivity index (χ3n) is 1.36. The van der Waals surface area contributed by atoms with Gasteiger partial charge < -0.3 is 5.32 Å². The van der Waals surface area contributed by atoms with Crippen LogP contribution >= 0.6 is 0 Å². The molecule has 1 unspecified atom stereocenters. The highest BCUT2D eigenvalue weighted by Gasteiger charge is 2.29. The highest BCUT2D eigenvalue weighted by atomic mass is 16.2. The first-order valence-corrected chi connectivity index (χ1v) is 3.45. The predicted molar refractivity (Wildman–Crippen MR) is 35.7 cm³/mol. The molecule has 2 nitrogen and oxygen atoms in total. The number of nitrogens with one attached hydrogen (secondary N) is 1. The Kier molecular flexibility index (Phi) is 2.09. The van der Waals surface area contributed by atoms with Crippen LogP contribution in [-0.4, -0.2) is 12.5 Å². The van der Waals surface area contributed by atoms with E-state index in [0.717, 1.165) is 19.4 Å². The predicted octanol–water partition coefficient (Wildman–Crippen LogP) is 0.737. The minimum Gasteiger partial charge on any atom is -0.356 e. The van der Waals surface area contributed by atoms with Crippen molar-refractivity contribution in [3.63, 3.8) is 0 Å². The van der Waals surface area contributed by atoms with Gasteiger partial charge in [-0.3, -0.25) is 4.79 Å². The third-order valence-corrected chi connectivity index (χ3v) is 1.36. The van der Waals surface area contributed by atoms with Crippen LogP contribution in [-0.2, 0) is 4.79 Å². The molecule has 2 heteroatoms. The van der Waals surface area contributed by atoms with Crippen LogP contribution in [0, 0.1) is 12.3 Å². The number of hydrogen-bond acceptors (Lipinski definition) is 1. The number of hydrogen-bond donors (Lipinski definition) is 1. The van der Waals surface area contributed by atoms with Crippen LogP contribution in [0.5, 0.6) is 0 Å². The van der Waals surface area contributed by atoms with Crippen LogP contribution in [0.15, 0.2) is 0 Å².